The normalized spacial score (nSPS) is 19.7. The number of nitrogens with zero attached hydrogens (tertiary/aromatic N) is 5. The highest BCUT2D eigenvalue weighted by Gasteiger charge is 2.29. The first kappa shape index (κ1) is 26.3. The minimum Gasteiger partial charge on any atom is -0.444 e. The Labute approximate surface area is 216 Å². The largest absolute Gasteiger partial charge is 0.444 e. The Morgan fingerprint density at radius 1 is 1.14 bits per heavy atom. The molecule has 36 heavy (non-hydrogen) atoms. The van der Waals surface area contributed by atoms with Crippen LogP contribution in [0.1, 0.15) is 73.6 Å². The summed E-state index contributed by atoms with van der Waals surface area (Å²) in [5, 5.41) is 6.97. The number of rotatable bonds is 5. The predicted molar refractivity (Wildman–Crippen MR) is 140 cm³/mol. The highest BCUT2D eigenvalue weighted by Crippen LogP contribution is 2.29. The minimum atomic E-state index is -0.525. The van der Waals surface area contributed by atoms with Gasteiger partial charge in [-0.15, -0.1) is 0 Å². The van der Waals surface area contributed by atoms with E-state index in [-0.39, 0.29) is 24.0 Å². The molecule has 4 rings (SSSR count). The second-order valence-electron chi connectivity index (χ2n) is 10.7. The van der Waals surface area contributed by atoms with E-state index in [4.69, 9.17) is 4.74 Å². The predicted octanol–water partition coefficient (Wildman–Crippen LogP) is 3.92. The van der Waals surface area contributed by atoms with Gasteiger partial charge in [0, 0.05) is 31.1 Å². The second-order valence-corrected chi connectivity index (χ2v) is 11.7. The lowest BCUT2D eigenvalue weighted by molar-refractivity contribution is 0.0197. The average molecular weight is 516 g/mol. The molecule has 2 aliphatic rings. The summed E-state index contributed by atoms with van der Waals surface area (Å²) < 4.78 is 5.56. The topological polar surface area (TPSA) is 113 Å². The maximum atomic E-state index is 12.7. The number of hydrogen-bond acceptors (Lipinski definition) is 9. The molecule has 2 fully saturated rings. The molecule has 196 valence electrons. The molecule has 0 spiro atoms. The zero-order valence-corrected chi connectivity index (χ0v) is 22.7. The molecule has 2 saturated heterocycles. The fraction of sp³-hybridized carbons (Fsp3) is 0.640. The number of thiazole rings is 1. The number of likely N-dealkylation sites (tertiary alicyclic amines) is 2. The molecule has 1 atom stereocenters. The van der Waals surface area contributed by atoms with Gasteiger partial charge < -0.3 is 25.2 Å². The van der Waals surface area contributed by atoms with E-state index in [1.807, 2.05) is 33.8 Å². The van der Waals surface area contributed by atoms with E-state index in [1.165, 1.54) is 11.3 Å². The molecular weight excluding hydrogens is 478 g/mol. The van der Waals surface area contributed by atoms with Gasteiger partial charge in [0.1, 0.15) is 22.1 Å². The molecule has 0 aromatic carbocycles. The van der Waals surface area contributed by atoms with E-state index in [9.17, 15) is 9.59 Å². The van der Waals surface area contributed by atoms with E-state index in [0.29, 0.717) is 34.7 Å². The van der Waals surface area contributed by atoms with Crippen LogP contribution in [0.5, 0.6) is 0 Å². The number of piperidine rings is 2. The highest BCUT2D eigenvalue weighted by molar-refractivity contribution is 7.17. The lowest BCUT2D eigenvalue weighted by Gasteiger charge is -2.34. The van der Waals surface area contributed by atoms with Crippen LogP contribution in [0.15, 0.2) is 12.3 Å². The Morgan fingerprint density at radius 2 is 1.89 bits per heavy atom. The van der Waals surface area contributed by atoms with Crippen LogP contribution in [0.25, 0.3) is 0 Å². The second kappa shape index (κ2) is 11.1. The van der Waals surface area contributed by atoms with Crippen molar-refractivity contribution in [2.24, 2.45) is 0 Å². The third kappa shape index (κ3) is 7.13. The Morgan fingerprint density at radius 3 is 2.61 bits per heavy atom. The van der Waals surface area contributed by atoms with Gasteiger partial charge >= 0.3 is 6.09 Å². The number of anilines is 2. The summed E-state index contributed by atoms with van der Waals surface area (Å²) in [6.07, 6.45) is 5.06. The standard InChI is InChI=1S/C25H37N7O3S/c1-16-27-19(17-7-6-10-32(15-17)24(34)35-25(2,3)4)13-21(28-16)30-23-26-14-20(36-23)22(33)29-18-8-11-31(5)12-9-18/h13-14,17-18H,6-12,15H2,1-5H3,(H,29,33)(H,26,27,28,30). The van der Waals surface area contributed by atoms with Crippen molar-refractivity contribution in [2.75, 3.05) is 38.5 Å². The van der Waals surface area contributed by atoms with Crippen molar-refractivity contribution in [3.63, 3.8) is 0 Å². The number of aryl methyl sites for hydroxylation is 1. The molecule has 10 nitrogen and oxygen atoms in total. The van der Waals surface area contributed by atoms with Crippen LogP contribution in [0.4, 0.5) is 15.7 Å². The Bertz CT molecular complexity index is 1080. The summed E-state index contributed by atoms with van der Waals surface area (Å²) in [5.41, 5.74) is 0.360. The van der Waals surface area contributed by atoms with Gasteiger partial charge in [0.15, 0.2) is 5.13 Å². The van der Waals surface area contributed by atoms with Crippen molar-refractivity contribution in [1.82, 2.24) is 30.1 Å². The lowest BCUT2D eigenvalue weighted by Crippen LogP contribution is -2.43. The molecule has 4 heterocycles. The van der Waals surface area contributed by atoms with Crippen molar-refractivity contribution in [3.8, 4) is 0 Å². The van der Waals surface area contributed by atoms with Gasteiger partial charge in [-0.1, -0.05) is 11.3 Å². The van der Waals surface area contributed by atoms with Crippen molar-refractivity contribution in [2.45, 2.75) is 70.9 Å². The molecule has 2 aromatic heterocycles. The van der Waals surface area contributed by atoms with E-state index >= 15 is 0 Å². The number of hydrogen-bond donors (Lipinski definition) is 2. The van der Waals surface area contributed by atoms with Gasteiger partial charge in [-0.25, -0.2) is 19.7 Å². The van der Waals surface area contributed by atoms with E-state index in [0.717, 1.165) is 44.5 Å². The van der Waals surface area contributed by atoms with Crippen molar-refractivity contribution >= 4 is 34.3 Å². The third-order valence-corrected chi connectivity index (χ3v) is 7.28. The molecule has 2 amide bonds. The highest BCUT2D eigenvalue weighted by atomic mass is 32.1. The summed E-state index contributed by atoms with van der Waals surface area (Å²) in [5.74, 6) is 1.28. The molecule has 0 radical (unpaired) electrons. The van der Waals surface area contributed by atoms with Crippen LogP contribution in [0.3, 0.4) is 0 Å². The molecule has 0 saturated carbocycles. The molecule has 2 aliphatic heterocycles. The molecule has 1 unspecified atom stereocenters. The van der Waals surface area contributed by atoms with Gasteiger partial charge in [0.05, 0.1) is 11.9 Å². The average Bonchev–Trinajstić information content (AvgIpc) is 3.28. The van der Waals surface area contributed by atoms with Crippen molar-refractivity contribution < 1.29 is 14.3 Å². The molecule has 0 bridgehead atoms. The van der Waals surface area contributed by atoms with E-state index in [1.54, 1.807) is 11.1 Å². The third-order valence-electron chi connectivity index (χ3n) is 6.37. The van der Waals surface area contributed by atoms with Crippen LogP contribution in [-0.4, -0.2) is 81.6 Å². The number of ether oxygens (including phenoxy) is 1. The number of aromatic nitrogens is 3. The fourth-order valence-corrected chi connectivity index (χ4v) is 5.26. The van der Waals surface area contributed by atoms with Crippen molar-refractivity contribution in [3.05, 3.63) is 28.7 Å². The van der Waals surface area contributed by atoms with Crippen LogP contribution in [0, 0.1) is 6.92 Å². The maximum Gasteiger partial charge on any atom is 0.410 e. The molecule has 11 heteroatoms. The number of amides is 2. The maximum absolute atomic E-state index is 12.7. The van der Waals surface area contributed by atoms with Crippen LogP contribution >= 0.6 is 11.3 Å². The van der Waals surface area contributed by atoms with Gasteiger partial charge in [0.2, 0.25) is 0 Å². The van der Waals surface area contributed by atoms with Gasteiger partial charge in [-0.05, 0) is 73.5 Å². The SMILES string of the molecule is Cc1nc(Nc2ncc(C(=O)NC3CCN(C)CC3)s2)cc(C2CCCN(C(=O)OC(C)(C)C)C2)n1. The van der Waals surface area contributed by atoms with Crippen LogP contribution < -0.4 is 10.6 Å². The Balaban J connectivity index is 1.39. The molecule has 2 aromatic rings. The molecule has 2 N–H and O–H groups in total. The number of carbonyl (C=O) groups excluding carboxylic acids is 2. The zero-order chi connectivity index (χ0) is 25.9. The summed E-state index contributed by atoms with van der Waals surface area (Å²) in [6.45, 7) is 10.7. The number of nitrogens with one attached hydrogen (secondary N) is 2. The quantitative estimate of drug-likeness (QED) is 0.616. The van der Waals surface area contributed by atoms with Crippen molar-refractivity contribution in [1.29, 1.82) is 0 Å². The lowest BCUT2D eigenvalue weighted by atomic mass is 9.94. The minimum absolute atomic E-state index is 0.0842. The van der Waals surface area contributed by atoms with Gasteiger partial charge in [-0.3, -0.25) is 4.79 Å². The summed E-state index contributed by atoms with van der Waals surface area (Å²) >= 11 is 1.31. The first-order valence-electron chi connectivity index (χ1n) is 12.6. The van der Waals surface area contributed by atoms with Crippen LogP contribution in [0.2, 0.25) is 0 Å². The number of carbonyl (C=O) groups is 2. The monoisotopic (exact) mass is 515 g/mol. The zero-order valence-electron chi connectivity index (χ0n) is 21.8. The summed E-state index contributed by atoms with van der Waals surface area (Å²) in [4.78, 5) is 43.4. The summed E-state index contributed by atoms with van der Waals surface area (Å²) in [6, 6.07) is 2.12. The van der Waals surface area contributed by atoms with E-state index < -0.39 is 5.60 Å². The first-order chi connectivity index (χ1) is 17.1. The molecular formula is C25H37N7O3S. The van der Waals surface area contributed by atoms with Gasteiger partial charge in [-0.2, -0.15) is 0 Å². The smallest absolute Gasteiger partial charge is 0.410 e. The first-order valence-corrected chi connectivity index (χ1v) is 13.4. The fourth-order valence-electron chi connectivity index (χ4n) is 4.53. The Kier molecular flexibility index (Phi) is 8.09. The summed E-state index contributed by atoms with van der Waals surface area (Å²) in [7, 11) is 2.10. The van der Waals surface area contributed by atoms with Crippen LogP contribution in [-0.2, 0) is 4.74 Å². The van der Waals surface area contributed by atoms with Gasteiger partial charge in [0.25, 0.3) is 5.91 Å². The van der Waals surface area contributed by atoms with E-state index in [2.05, 4.69) is 37.5 Å². The molecule has 0 aliphatic carbocycles. The Hall–Kier alpha value is -2.79.